The number of hydrazine groups is 1. The number of anilines is 1. The number of nitrogens with zero attached hydrogens (tertiary/aromatic N) is 1. The van der Waals surface area contributed by atoms with Gasteiger partial charge in [0, 0.05) is 24.1 Å². The summed E-state index contributed by atoms with van der Waals surface area (Å²) in [5.74, 6) is 7.33. The average molecular weight is 262 g/mol. The average Bonchev–Trinajstić information content (AvgIpc) is 2.47. The van der Waals surface area contributed by atoms with Gasteiger partial charge in [-0.05, 0) is 42.7 Å². The Labute approximate surface area is 115 Å². The number of nitrogens with two attached hydrogens (primary N) is 2. The molecule has 4 heteroatoms. The second kappa shape index (κ2) is 6.87. The van der Waals surface area contributed by atoms with Gasteiger partial charge >= 0.3 is 0 Å². The predicted molar refractivity (Wildman–Crippen MR) is 79.2 cm³/mol. The summed E-state index contributed by atoms with van der Waals surface area (Å²) in [4.78, 5) is 4.15. The first-order chi connectivity index (χ1) is 9.24. The SMILES string of the molecule is CCC1CCC(C(Cc2cnccc2N)NN)CC1. The van der Waals surface area contributed by atoms with E-state index in [0.717, 1.165) is 23.6 Å². The molecule has 0 saturated heterocycles. The summed E-state index contributed by atoms with van der Waals surface area (Å²) in [5, 5.41) is 0. The van der Waals surface area contributed by atoms with Crippen LogP contribution in [0.3, 0.4) is 0 Å². The molecule has 1 atom stereocenters. The van der Waals surface area contributed by atoms with Crippen LogP contribution in [-0.2, 0) is 6.42 Å². The fourth-order valence-electron chi connectivity index (χ4n) is 3.21. The van der Waals surface area contributed by atoms with Gasteiger partial charge in [0.05, 0.1) is 0 Å². The predicted octanol–water partition coefficient (Wildman–Crippen LogP) is 2.25. The smallest absolute Gasteiger partial charge is 0.0378 e. The maximum Gasteiger partial charge on any atom is 0.0378 e. The van der Waals surface area contributed by atoms with Crippen molar-refractivity contribution in [2.24, 2.45) is 17.7 Å². The lowest BCUT2D eigenvalue weighted by atomic mass is 9.76. The van der Waals surface area contributed by atoms with Gasteiger partial charge in [-0.1, -0.05) is 26.2 Å². The zero-order valence-electron chi connectivity index (χ0n) is 11.8. The van der Waals surface area contributed by atoms with Crippen LogP contribution in [0.1, 0.15) is 44.6 Å². The molecule has 1 heterocycles. The van der Waals surface area contributed by atoms with Crippen molar-refractivity contribution in [3.63, 3.8) is 0 Å². The number of hydrogen-bond donors (Lipinski definition) is 3. The zero-order chi connectivity index (χ0) is 13.7. The van der Waals surface area contributed by atoms with E-state index in [4.69, 9.17) is 11.6 Å². The van der Waals surface area contributed by atoms with Crippen molar-refractivity contribution in [3.8, 4) is 0 Å². The standard InChI is InChI=1S/C15H26N4/c1-2-11-3-5-12(6-4-11)15(19-17)9-13-10-18-8-7-14(13)16/h7-8,10-12,15,19H,2-6,9,17H2,1H3,(H2,16,18). The van der Waals surface area contributed by atoms with Crippen LogP contribution >= 0.6 is 0 Å². The van der Waals surface area contributed by atoms with E-state index in [1.807, 2.05) is 12.3 Å². The van der Waals surface area contributed by atoms with Crippen molar-refractivity contribution in [2.75, 3.05) is 5.73 Å². The molecule has 1 aliphatic rings. The number of hydrogen-bond acceptors (Lipinski definition) is 4. The molecular weight excluding hydrogens is 236 g/mol. The van der Waals surface area contributed by atoms with Gasteiger partial charge in [0.2, 0.25) is 0 Å². The Hall–Kier alpha value is -1.13. The Morgan fingerprint density at radius 1 is 1.37 bits per heavy atom. The minimum atomic E-state index is 0.310. The number of pyridine rings is 1. The molecular formula is C15H26N4. The van der Waals surface area contributed by atoms with Gasteiger partial charge in [-0.3, -0.25) is 16.3 Å². The van der Waals surface area contributed by atoms with E-state index >= 15 is 0 Å². The third-order valence-corrected chi connectivity index (χ3v) is 4.63. The molecule has 0 amide bonds. The molecule has 4 nitrogen and oxygen atoms in total. The number of aromatic nitrogens is 1. The zero-order valence-corrected chi connectivity index (χ0v) is 11.8. The van der Waals surface area contributed by atoms with E-state index in [-0.39, 0.29) is 0 Å². The van der Waals surface area contributed by atoms with Crippen LogP contribution < -0.4 is 17.0 Å². The lowest BCUT2D eigenvalue weighted by molar-refractivity contribution is 0.217. The summed E-state index contributed by atoms with van der Waals surface area (Å²) in [7, 11) is 0. The van der Waals surface area contributed by atoms with E-state index in [2.05, 4.69) is 17.3 Å². The summed E-state index contributed by atoms with van der Waals surface area (Å²) in [5.41, 5.74) is 10.9. The van der Waals surface area contributed by atoms with Gasteiger partial charge in [-0.2, -0.15) is 0 Å². The topological polar surface area (TPSA) is 77.0 Å². The minimum Gasteiger partial charge on any atom is -0.398 e. The Bertz CT molecular complexity index is 385. The molecule has 106 valence electrons. The summed E-state index contributed by atoms with van der Waals surface area (Å²) in [6, 6.07) is 2.17. The van der Waals surface area contributed by atoms with Crippen molar-refractivity contribution in [3.05, 3.63) is 24.0 Å². The Kier molecular flexibility index (Phi) is 5.16. The molecule has 1 fully saturated rings. The Balaban J connectivity index is 1.95. The fraction of sp³-hybridized carbons (Fsp3) is 0.667. The third-order valence-electron chi connectivity index (χ3n) is 4.63. The maximum absolute atomic E-state index is 5.99. The highest BCUT2D eigenvalue weighted by Crippen LogP contribution is 2.33. The molecule has 0 radical (unpaired) electrons. The van der Waals surface area contributed by atoms with Crippen LogP contribution in [0.5, 0.6) is 0 Å². The molecule has 0 spiro atoms. The van der Waals surface area contributed by atoms with Gasteiger partial charge in [-0.25, -0.2) is 0 Å². The summed E-state index contributed by atoms with van der Waals surface area (Å²) >= 11 is 0. The largest absolute Gasteiger partial charge is 0.398 e. The number of nitrogens with one attached hydrogen (secondary N) is 1. The van der Waals surface area contributed by atoms with Crippen molar-refractivity contribution in [1.82, 2.24) is 10.4 Å². The summed E-state index contributed by atoms with van der Waals surface area (Å²) in [6.45, 7) is 2.29. The van der Waals surface area contributed by atoms with Gasteiger partial charge in [0.15, 0.2) is 0 Å². The van der Waals surface area contributed by atoms with Crippen LogP contribution in [0.25, 0.3) is 0 Å². The second-order valence-electron chi connectivity index (χ2n) is 5.74. The van der Waals surface area contributed by atoms with Crippen molar-refractivity contribution in [2.45, 2.75) is 51.5 Å². The Morgan fingerprint density at radius 2 is 2.11 bits per heavy atom. The molecule has 19 heavy (non-hydrogen) atoms. The molecule has 2 rings (SSSR count). The van der Waals surface area contributed by atoms with Crippen molar-refractivity contribution < 1.29 is 0 Å². The molecule has 0 aromatic carbocycles. The van der Waals surface area contributed by atoms with Crippen LogP contribution in [0.4, 0.5) is 5.69 Å². The van der Waals surface area contributed by atoms with E-state index < -0.39 is 0 Å². The van der Waals surface area contributed by atoms with Gasteiger partial charge in [0.1, 0.15) is 0 Å². The molecule has 1 aromatic heterocycles. The molecule has 1 aliphatic carbocycles. The molecule has 5 N–H and O–H groups in total. The quantitative estimate of drug-likeness (QED) is 0.562. The maximum atomic E-state index is 5.99. The normalized spacial score (nSPS) is 25.2. The van der Waals surface area contributed by atoms with Gasteiger partial charge < -0.3 is 5.73 Å². The minimum absolute atomic E-state index is 0.310. The number of rotatable bonds is 5. The van der Waals surface area contributed by atoms with Crippen LogP contribution in [0.2, 0.25) is 0 Å². The molecule has 0 bridgehead atoms. The van der Waals surface area contributed by atoms with Crippen molar-refractivity contribution in [1.29, 1.82) is 0 Å². The lowest BCUT2D eigenvalue weighted by Gasteiger charge is -2.33. The van der Waals surface area contributed by atoms with E-state index in [1.54, 1.807) is 6.20 Å². The highest BCUT2D eigenvalue weighted by molar-refractivity contribution is 5.44. The molecule has 1 unspecified atom stereocenters. The first kappa shape index (κ1) is 14.3. The highest BCUT2D eigenvalue weighted by atomic mass is 15.2. The van der Waals surface area contributed by atoms with E-state index in [9.17, 15) is 0 Å². The first-order valence-electron chi connectivity index (χ1n) is 7.39. The number of nitrogen functional groups attached to an aromatic ring is 1. The fourth-order valence-corrected chi connectivity index (χ4v) is 3.21. The van der Waals surface area contributed by atoms with Crippen LogP contribution in [-0.4, -0.2) is 11.0 Å². The second-order valence-corrected chi connectivity index (χ2v) is 5.74. The summed E-state index contributed by atoms with van der Waals surface area (Å²) in [6.07, 6.45) is 11.0. The van der Waals surface area contributed by atoms with E-state index in [0.29, 0.717) is 12.0 Å². The van der Waals surface area contributed by atoms with Crippen LogP contribution in [0.15, 0.2) is 18.5 Å². The Morgan fingerprint density at radius 3 is 2.68 bits per heavy atom. The monoisotopic (exact) mass is 262 g/mol. The highest BCUT2D eigenvalue weighted by Gasteiger charge is 2.26. The summed E-state index contributed by atoms with van der Waals surface area (Å²) < 4.78 is 0. The van der Waals surface area contributed by atoms with Gasteiger partial charge in [0.25, 0.3) is 0 Å². The van der Waals surface area contributed by atoms with E-state index in [1.165, 1.54) is 32.1 Å². The third kappa shape index (κ3) is 3.67. The first-order valence-corrected chi connectivity index (χ1v) is 7.39. The molecule has 1 saturated carbocycles. The molecule has 1 aromatic rings. The van der Waals surface area contributed by atoms with Crippen molar-refractivity contribution >= 4 is 5.69 Å². The molecule has 0 aliphatic heterocycles. The lowest BCUT2D eigenvalue weighted by Crippen LogP contribution is -2.43. The van der Waals surface area contributed by atoms with Gasteiger partial charge in [-0.15, -0.1) is 0 Å². The van der Waals surface area contributed by atoms with Crippen LogP contribution in [0, 0.1) is 11.8 Å².